The van der Waals surface area contributed by atoms with Gasteiger partial charge >= 0.3 is 0 Å². The highest BCUT2D eigenvalue weighted by molar-refractivity contribution is 5.38. The van der Waals surface area contributed by atoms with Crippen LogP contribution in [0.3, 0.4) is 0 Å². The Kier molecular flexibility index (Phi) is 2.60. The zero-order chi connectivity index (χ0) is 11.0. The zero-order valence-corrected chi connectivity index (χ0v) is 9.61. The van der Waals surface area contributed by atoms with Gasteiger partial charge in [-0.3, -0.25) is 0 Å². The highest BCUT2D eigenvalue weighted by atomic mass is 16.5. The highest BCUT2D eigenvalue weighted by Crippen LogP contribution is 2.28. The fraction of sp³-hybridized carbons (Fsp3) is 0.571. The van der Waals surface area contributed by atoms with Gasteiger partial charge in [0.25, 0.3) is 0 Å². The smallest absolute Gasteiger partial charge is 0.120 e. The van der Waals surface area contributed by atoms with E-state index in [1.807, 2.05) is 0 Å². The molecule has 2 aliphatic rings. The molecule has 3 rings (SSSR count). The molecule has 1 saturated carbocycles. The third kappa shape index (κ3) is 1.82. The molecule has 1 aromatic rings. The van der Waals surface area contributed by atoms with Crippen molar-refractivity contribution >= 4 is 0 Å². The molecule has 0 aromatic heterocycles. The Balaban J connectivity index is 1.75. The number of fused-ring (bicyclic) bond motifs is 1. The molecular formula is C14H19NO. The largest absolute Gasteiger partial charge is 0.489 e. The Morgan fingerprint density at radius 3 is 2.75 bits per heavy atom. The molecule has 86 valence electrons. The molecule has 1 aromatic carbocycles. The predicted octanol–water partition coefficient (Wildman–Crippen LogP) is 2.43. The van der Waals surface area contributed by atoms with Crippen LogP contribution in [0.2, 0.25) is 0 Å². The summed E-state index contributed by atoms with van der Waals surface area (Å²) in [6.07, 6.45) is 7.40. The minimum absolute atomic E-state index is 0.230. The van der Waals surface area contributed by atoms with Gasteiger partial charge in [0.05, 0.1) is 0 Å². The molecule has 0 aliphatic heterocycles. The van der Waals surface area contributed by atoms with Crippen molar-refractivity contribution in [2.45, 2.75) is 50.7 Å². The van der Waals surface area contributed by atoms with Gasteiger partial charge in [-0.1, -0.05) is 6.07 Å². The second-order valence-corrected chi connectivity index (χ2v) is 5.04. The molecule has 0 bridgehead atoms. The SMILES string of the molecule is NC1CCCC1Oc1ccc2c(c1)CCC2. The molecule has 2 heteroatoms. The van der Waals surface area contributed by atoms with E-state index in [0.717, 1.165) is 18.6 Å². The van der Waals surface area contributed by atoms with Crippen LogP contribution in [0.15, 0.2) is 18.2 Å². The normalized spacial score (nSPS) is 28.1. The number of hydrogen-bond donors (Lipinski definition) is 1. The number of hydrogen-bond acceptors (Lipinski definition) is 2. The van der Waals surface area contributed by atoms with Crippen LogP contribution >= 0.6 is 0 Å². The van der Waals surface area contributed by atoms with Gasteiger partial charge in [-0.2, -0.15) is 0 Å². The van der Waals surface area contributed by atoms with Crippen LogP contribution in [0.5, 0.6) is 5.75 Å². The summed E-state index contributed by atoms with van der Waals surface area (Å²) in [5, 5.41) is 0. The first-order chi connectivity index (χ1) is 7.83. The summed E-state index contributed by atoms with van der Waals surface area (Å²) < 4.78 is 5.99. The van der Waals surface area contributed by atoms with Crippen molar-refractivity contribution < 1.29 is 4.74 Å². The Morgan fingerprint density at radius 1 is 1.06 bits per heavy atom. The minimum Gasteiger partial charge on any atom is -0.489 e. The van der Waals surface area contributed by atoms with Crippen molar-refractivity contribution in [3.8, 4) is 5.75 Å². The van der Waals surface area contributed by atoms with E-state index in [1.165, 1.54) is 36.8 Å². The molecule has 0 spiro atoms. The Bertz CT molecular complexity index is 388. The van der Waals surface area contributed by atoms with Crippen molar-refractivity contribution in [1.82, 2.24) is 0 Å². The molecular weight excluding hydrogens is 198 g/mol. The van der Waals surface area contributed by atoms with Crippen LogP contribution in [0.25, 0.3) is 0 Å². The maximum Gasteiger partial charge on any atom is 0.120 e. The van der Waals surface area contributed by atoms with Crippen molar-refractivity contribution in [3.05, 3.63) is 29.3 Å². The summed E-state index contributed by atoms with van der Waals surface area (Å²) in [4.78, 5) is 0. The Labute approximate surface area is 96.8 Å². The third-order valence-corrected chi connectivity index (χ3v) is 3.86. The molecule has 2 atom stereocenters. The van der Waals surface area contributed by atoms with Gasteiger partial charge in [0.15, 0.2) is 0 Å². The van der Waals surface area contributed by atoms with E-state index < -0.39 is 0 Å². The van der Waals surface area contributed by atoms with Crippen molar-refractivity contribution in [2.75, 3.05) is 0 Å². The lowest BCUT2D eigenvalue weighted by Gasteiger charge is -2.18. The van der Waals surface area contributed by atoms with Crippen LogP contribution in [0.4, 0.5) is 0 Å². The maximum atomic E-state index is 6.01. The number of aryl methyl sites for hydroxylation is 2. The summed E-state index contributed by atoms with van der Waals surface area (Å²) in [5.41, 5.74) is 8.99. The summed E-state index contributed by atoms with van der Waals surface area (Å²) in [7, 11) is 0. The number of benzene rings is 1. The molecule has 2 N–H and O–H groups in total. The minimum atomic E-state index is 0.230. The first-order valence-electron chi connectivity index (χ1n) is 6.37. The molecule has 16 heavy (non-hydrogen) atoms. The van der Waals surface area contributed by atoms with Crippen molar-refractivity contribution in [1.29, 1.82) is 0 Å². The van der Waals surface area contributed by atoms with E-state index in [-0.39, 0.29) is 12.1 Å². The second-order valence-electron chi connectivity index (χ2n) is 5.04. The van der Waals surface area contributed by atoms with E-state index in [4.69, 9.17) is 10.5 Å². The van der Waals surface area contributed by atoms with E-state index >= 15 is 0 Å². The fourth-order valence-corrected chi connectivity index (χ4v) is 2.90. The summed E-state index contributed by atoms with van der Waals surface area (Å²) in [6, 6.07) is 6.77. The molecule has 2 unspecified atom stereocenters. The van der Waals surface area contributed by atoms with Gasteiger partial charge in [-0.15, -0.1) is 0 Å². The second kappa shape index (κ2) is 4.10. The van der Waals surface area contributed by atoms with Gasteiger partial charge in [-0.25, -0.2) is 0 Å². The van der Waals surface area contributed by atoms with Gasteiger partial charge in [-0.05, 0) is 61.8 Å². The standard InChI is InChI=1S/C14H19NO/c15-13-5-2-6-14(13)16-12-8-7-10-3-1-4-11(10)9-12/h7-9,13-14H,1-6,15H2. The maximum absolute atomic E-state index is 6.01. The van der Waals surface area contributed by atoms with Gasteiger partial charge in [0, 0.05) is 6.04 Å². The first kappa shape index (κ1) is 10.2. The Morgan fingerprint density at radius 2 is 1.94 bits per heavy atom. The summed E-state index contributed by atoms with van der Waals surface area (Å²) in [5.74, 6) is 1.02. The molecule has 0 saturated heterocycles. The quantitative estimate of drug-likeness (QED) is 0.825. The lowest BCUT2D eigenvalue weighted by atomic mass is 10.1. The summed E-state index contributed by atoms with van der Waals surface area (Å²) in [6.45, 7) is 0. The van der Waals surface area contributed by atoms with Crippen LogP contribution in [0, 0.1) is 0 Å². The van der Waals surface area contributed by atoms with Gasteiger partial charge < -0.3 is 10.5 Å². The van der Waals surface area contributed by atoms with Gasteiger partial charge in [0.2, 0.25) is 0 Å². The van der Waals surface area contributed by atoms with Gasteiger partial charge in [0.1, 0.15) is 11.9 Å². The molecule has 0 amide bonds. The molecule has 0 radical (unpaired) electrons. The average molecular weight is 217 g/mol. The number of ether oxygens (including phenoxy) is 1. The molecule has 2 aliphatic carbocycles. The van der Waals surface area contributed by atoms with Crippen molar-refractivity contribution in [3.63, 3.8) is 0 Å². The van der Waals surface area contributed by atoms with Crippen molar-refractivity contribution in [2.24, 2.45) is 5.73 Å². The number of rotatable bonds is 2. The number of nitrogens with two attached hydrogens (primary N) is 1. The highest BCUT2D eigenvalue weighted by Gasteiger charge is 2.25. The molecule has 2 nitrogen and oxygen atoms in total. The lowest BCUT2D eigenvalue weighted by Crippen LogP contribution is -2.33. The Hall–Kier alpha value is -1.02. The van der Waals surface area contributed by atoms with Crippen LogP contribution in [-0.4, -0.2) is 12.1 Å². The molecule has 1 fully saturated rings. The van der Waals surface area contributed by atoms with E-state index in [1.54, 1.807) is 0 Å². The monoisotopic (exact) mass is 217 g/mol. The predicted molar refractivity (Wildman–Crippen MR) is 64.7 cm³/mol. The summed E-state index contributed by atoms with van der Waals surface area (Å²) >= 11 is 0. The van der Waals surface area contributed by atoms with Crippen LogP contribution < -0.4 is 10.5 Å². The van der Waals surface area contributed by atoms with E-state index in [0.29, 0.717) is 0 Å². The van der Waals surface area contributed by atoms with Crippen LogP contribution in [-0.2, 0) is 12.8 Å². The molecule has 0 heterocycles. The fourth-order valence-electron chi connectivity index (χ4n) is 2.90. The lowest BCUT2D eigenvalue weighted by molar-refractivity contribution is 0.191. The van der Waals surface area contributed by atoms with E-state index in [2.05, 4.69) is 18.2 Å². The third-order valence-electron chi connectivity index (χ3n) is 3.86. The van der Waals surface area contributed by atoms with Crippen LogP contribution in [0.1, 0.15) is 36.8 Å². The topological polar surface area (TPSA) is 35.2 Å². The average Bonchev–Trinajstić information content (AvgIpc) is 2.88. The zero-order valence-electron chi connectivity index (χ0n) is 9.61. The van der Waals surface area contributed by atoms with E-state index in [9.17, 15) is 0 Å². The first-order valence-corrected chi connectivity index (χ1v) is 6.37.